The maximum absolute atomic E-state index is 5.40. The third-order valence-corrected chi connectivity index (χ3v) is 4.12. The number of rotatable bonds is 6. The van der Waals surface area contributed by atoms with Gasteiger partial charge in [-0.25, -0.2) is 0 Å². The van der Waals surface area contributed by atoms with Crippen molar-refractivity contribution in [1.82, 2.24) is 10.5 Å². The summed E-state index contributed by atoms with van der Waals surface area (Å²) in [5.74, 6) is 0.529. The van der Waals surface area contributed by atoms with E-state index in [9.17, 15) is 0 Å². The lowest BCUT2D eigenvalue weighted by Crippen LogP contribution is -2.41. The zero-order valence-corrected chi connectivity index (χ0v) is 14.8. The van der Waals surface area contributed by atoms with Crippen molar-refractivity contribution in [3.05, 3.63) is 40.1 Å². The van der Waals surface area contributed by atoms with Crippen molar-refractivity contribution in [1.29, 1.82) is 0 Å². The fourth-order valence-corrected chi connectivity index (χ4v) is 2.82. The average molecular weight is 354 g/mol. The third-order valence-electron chi connectivity index (χ3n) is 3.48. The predicted octanol–water partition coefficient (Wildman–Crippen LogP) is 4.01. The second-order valence-electron chi connectivity index (χ2n) is 5.46. The van der Waals surface area contributed by atoms with Gasteiger partial charge in [0.2, 0.25) is 0 Å². The first-order valence-electron chi connectivity index (χ1n) is 7.41. The summed E-state index contributed by atoms with van der Waals surface area (Å²) in [4.78, 5) is 0. The molecule has 1 aliphatic rings. The van der Waals surface area contributed by atoms with Crippen LogP contribution in [0.4, 0.5) is 5.69 Å². The number of anilines is 1. The smallest absolute Gasteiger partial charge is 0.0734 e. The monoisotopic (exact) mass is 353 g/mol. The fourth-order valence-electron chi connectivity index (χ4n) is 2.25. The molecule has 1 aromatic rings. The van der Waals surface area contributed by atoms with Gasteiger partial charge in [0.1, 0.15) is 0 Å². The number of hydrogen-bond acceptors (Lipinski definition) is 4. The van der Waals surface area contributed by atoms with Crippen LogP contribution in [-0.2, 0) is 4.74 Å². The molecule has 0 fully saturated rings. The van der Waals surface area contributed by atoms with Crippen LogP contribution in [0.5, 0.6) is 0 Å². The van der Waals surface area contributed by atoms with E-state index in [0.29, 0.717) is 12.5 Å². The van der Waals surface area contributed by atoms with Crippen molar-refractivity contribution in [3.8, 4) is 0 Å². The van der Waals surface area contributed by atoms with Crippen LogP contribution >= 0.6 is 15.9 Å². The van der Waals surface area contributed by atoms with E-state index >= 15 is 0 Å². The Bertz CT molecular complexity index is 516. The summed E-state index contributed by atoms with van der Waals surface area (Å²) in [5, 5.41) is 4.13. The molecule has 0 radical (unpaired) electrons. The number of nitrogens with one attached hydrogen (secondary N) is 1. The van der Waals surface area contributed by atoms with Gasteiger partial charge in [-0.3, -0.25) is 10.0 Å². The standard InChI is InChI=1S/C16H24BrN3O/c1-5-21-9-8-19-11-13(4)20(18-19)16-7-6-14(12(2)3)10-15(16)17/h6-7,10-12,18H,5,8-9H2,1-4H3. The van der Waals surface area contributed by atoms with Crippen molar-refractivity contribution in [2.24, 2.45) is 0 Å². The molecule has 0 saturated carbocycles. The van der Waals surface area contributed by atoms with Crippen LogP contribution in [0.1, 0.15) is 39.2 Å². The minimum absolute atomic E-state index is 0.529. The first-order chi connectivity index (χ1) is 10.0. The average Bonchev–Trinajstić information content (AvgIpc) is 2.80. The lowest BCUT2D eigenvalue weighted by Gasteiger charge is -2.25. The van der Waals surface area contributed by atoms with Crippen molar-refractivity contribution in [3.63, 3.8) is 0 Å². The summed E-state index contributed by atoms with van der Waals surface area (Å²) in [6.45, 7) is 10.8. The fraction of sp³-hybridized carbons (Fsp3) is 0.500. The Balaban J connectivity index is 2.08. The summed E-state index contributed by atoms with van der Waals surface area (Å²) < 4.78 is 6.50. The summed E-state index contributed by atoms with van der Waals surface area (Å²) in [7, 11) is 0. The van der Waals surface area contributed by atoms with Gasteiger partial charge in [-0.1, -0.05) is 19.9 Å². The van der Waals surface area contributed by atoms with Gasteiger partial charge < -0.3 is 4.74 Å². The van der Waals surface area contributed by atoms with Crippen LogP contribution in [0.2, 0.25) is 0 Å². The summed E-state index contributed by atoms with van der Waals surface area (Å²) >= 11 is 3.68. The Labute approximate surface area is 135 Å². The van der Waals surface area contributed by atoms with E-state index in [1.54, 1.807) is 0 Å². The van der Waals surface area contributed by atoms with Crippen molar-refractivity contribution in [2.45, 2.75) is 33.6 Å². The van der Waals surface area contributed by atoms with Gasteiger partial charge in [0.25, 0.3) is 0 Å². The highest BCUT2D eigenvalue weighted by Crippen LogP contribution is 2.32. The van der Waals surface area contributed by atoms with Crippen LogP contribution < -0.4 is 10.5 Å². The number of hydrazine groups is 2. The molecule has 116 valence electrons. The zero-order chi connectivity index (χ0) is 15.4. The van der Waals surface area contributed by atoms with Crippen LogP contribution in [0.3, 0.4) is 0 Å². The molecule has 0 amide bonds. The predicted molar refractivity (Wildman–Crippen MR) is 90.8 cm³/mol. The van der Waals surface area contributed by atoms with E-state index < -0.39 is 0 Å². The second kappa shape index (κ2) is 7.29. The Kier molecular flexibility index (Phi) is 5.67. The first kappa shape index (κ1) is 16.3. The molecule has 0 unspecified atom stereocenters. The lowest BCUT2D eigenvalue weighted by molar-refractivity contribution is 0.117. The molecule has 1 N–H and O–H groups in total. The van der Waals surface area contributed by atoms with Gasteiger partial charge in [0.15, 0.2) is 0 Å². The lowest BCUT2D eigenvalue weighted by atomic mass is 10.0. The maximum Gasteiger partial charge on any atom is 0.0734 e. The highest BCUT2D eigenvalue weighted by Gasteiger charge is 2.20. The normalized spacial score (nSPS) is 15.0. The quantitative estimate of drug-likeness (QED) is 0.782. The molecular formula is C16H24BrN3O. The molecule has 1 heterocycles. The molecule has 0 spiro atoms. The van der Waals surface area contributed by atoms with E-state index in [0.717, 1.165) is 29.0 Å². The number of allylic oxidation sites excluding steroid dienone is 1. The largest absolute Gasteiger partial charge is 0.380 e. The molecule has 1 aromatic carbocycles. The van der Waals surface area contributed by atoms with Crippen LogP contribution in [-0.4, -0.2) is 24.8 Å². The Morgan fingerprint density at radius 3 is 2.71 bits per heavy atom. The van der Waals surface area contributed by atoms with Gasteiger partial charge in [0, 0.05) is 17.3 Å². The third kappa shape index (κ3) is 3.99. The number of ether oxygens (including phenoxy) is 1. The van der Waals surface area contributed by atoms with Crippen LogP contribution in [0.15, 0.2) is 34.6 Å². The first-order valence-corrected chi connectivity index (χ1v) is 8.21. The molecule has 4 nitrogen and oxygen atoms in total. The number of halogens is 1. The van der Waals surface area contributed by atoms with Gasteiger partial charge in [-0.05, 0) is 53.4 Å². The Morgan fingerprint density at radius 1 is 1.33 bits per heavy atom. The second-order valence-corrected chi connectivity index (χ2v) is 6.32. The summed E-state index contributed by atoms with van der Waals surface area (Å²) in [6.07, 6.45) is 2.10. The Morgan fingerprint density at radius 2 is 2.10 bits per heavy atom. The number of benzene rings is 1. The Hall–Kier alpha value is -1.04. The van der Waals surface area contributed by atoms with E-state index in [4.69, 9.17) is 4.74 Å². The number of nitrogens with zero attached hydrogens (tertiary/aromatic N) is 2. The molecule has 21 heavy (non-hydrogen) atoms. The van der Waals surface area contributed by atoms with Crippen LogP contribution in [0, 0.1) is 0 Å². The molecule has 2 rings (SSSR count). The minimum atomic E-state index is 0.529. The molecule has 0 aliphatic carbocycles. The molecule has 0 aromatic heterocycles. The molecule has 0 bridgehead atoms. The van der Waals surface area contributed by atoms with E-state index in [2.05, 4.69) is 71.6 Å². The van der Waals surface area contributed by atoms with Gasteiger partial charge in [-0.2, -0.15) is 0 Å². The summed E-state index contributed by atoms with van der Waals surface area (Å²) in [5.41, 5.74) is 6.98. The van der Waals surface area contributed by atoms with Crippen molar-refractivity contribution >= 4 is 21.6 Å². The summed E-state index contributed by atoms with van der Waals surface area (Å²) in [6, 6.07) is 6.52. The van der Waals surface area contributed by atoms with Crippen molar-refractivity contribution < 1.29 is 4.74 Å². The highest BCUT2D eigenvalue weighted by atomic mass is 79.9. The SMILES string of the molecule is CCOCCN1C=C(C)N(c2ccc(C(C)C)cc2Br)N1. The van der Waals surface area contributed by atoms with E-state index in [-0.39, 0.29) is 0 Å². The molecule has 0 atom stereocenters. The molecular weight excluding hydrogens is 330 g/mol. The number of hydrogen-bond donors (Lipinski definition) is 1. The van der Waals surface area contributed by atoms with Gasteiger partial charge >= 0.3 is 0 Å². The van der Waals surface area contributed by atoms with Crippen molar-refractivity contribution in [2.75, 3.05) is 24.8 Å². The molecule has 0 saturated heterocycles. The zero-order valence-electron chi connectivity index (χ0n) is 13.2. The minimum Gasteiger partial charge on any atom is -0.380 e. The van der Waals surface area contributed by atoms with Gasteiger partial charge in [0.05, 0.1) is 24.5 Å². The highest BCUT2D eigenvalue weighted by molar-refractivity contribution is 9.10. The van der Waals surface area contributed by atoms with E-state index in [1.165, 1.54) is 5.56 Å². The van der Waals surface area contributed by atoms with Gasteiger partial charge in [-0.15, -0.1) is 5.53 Å². The molecule has 1 aliphatic heterocycles. The maximum atomic E-state index is 5.40. The van der Waals surface area contributed by atoms with Crippen LogP contribution in [0.25, 0.3) is 0 Å². The van der Waals surface area contributed by atoms with E-state index in [1.807, 2.05) is 11.9 Å². The topological polar surface area (TPSA) is 27.7 Å². The molecule has 5 heteroatoms.